The maximum absolute atomic E-state index is 12.9. The van der Waals surface area contributed by atoms with Crippen molar-refractivity contribution in [2.24, 2.45) is 40.9 Å². The SMILES string of the molecule is COC[C@@]1(O)CC[C@H]2[C@H](CC[C@@H]3[C@@H]2CC[C@]2(C)[C@@H]([C@H](C)NC(=O)c4ccc(OC(F)(F)F)cn4)CC[C@@H]32)C1. The number of aliphatic hydroxyl groups is 1. The highest BCUT2D eigenvalue weighted by molar-refractivity contribution is 5.92. The molecule has 6 nitrogen and oxygen atoms in total. The molecule has 5 rings (SSSR count). The molecule has 4 fully saturated rings. The normalized spacial score (nSPS) is 39.4. The van der Waals surface area contributed by atoms with E-state index in [1.165, 1.54) is 31.7 Å². The van der Waals surface area contributed by atoms with Gasteiger partial charge in [-0.3, -0.25) is 4.79 Å². The summed E-state index contributed by atoms with van der Waals surface area (Å²) < 4.78 is 46.4. The van der Waals surface area contributed by atoms with Gasteiger partial charge in [0, 0.05) is 13.2 Å². The third-order valence-corrected chi connectivity index (χ3v) is 10.8. The largest absolute Gasteiger partial charge is 0.573 e. The Labute approximate surface area is 223 Å². The summed E-state index contributed by atoms with van der Waals surface area (Å²) in [6, 6.07) is 2.33. The number of alkyl halides is 3. The van der Waals surface area contributed by atoms with Crippen molar-refractivity contribution in [2.75, 3.05) is 13.7 Å². The number of nitrogens with one attached hydrogen (secondary N) is 1. The highest BCUT2D eigenvalue weighted by Gasteiger charge is 2.58. The number of methoxy groups -OCH3 is 1. The highest BCUT2D eigenvalue weighted by Crippen LogP contribution is 2.65. The summed E-state index contributed by atoms with van der Waals surface area (Å²) in [6.07, 6.45) is 5.92. The molecule has 0 aromatic carbocycles. The molecule has 4 aliphatic rings. The smallest absolute Gasteiger partial charge is 0.404 e. The van der Waals surface area contributed by atoms with Crippen LogP contribution in [0.4, 0.5) is 13.2 Å². The zero-order valence-electron chi connectivity index (χ0n) is 22.6. The Hall–Kier alpha value is -1.87. The van der Waals surface area contributed by atoms with Crippen LogP contribution in [0.3, 0.4) is 0 Å². The first-order chi connectivity index (χ1) is 17.9. The molecule has 9 atom stereocenters. The number of nitrogens with zero attached hydrogens (tertiary/aromatic N) is 1. The van der Waals surface area contributed by atoms with Crippen LogP contribution < -0.4 is 10.1 Å². The molecule has 0 bridgehead atoms. The lowest BCUT2D eigenvalue weighted by Gasteiger charge is -2.57. The van der Waals surface area contributed by atoms with Gasteiger partial charge in [-0.15, -0.1) is 13.2 Å². The molecule has 0 radical (unpaired) electrons. The number of amides is 1. The molecule has 212 valence electrons. The van der Waals surface area contributed by atoms with E-state index in [-0.39, 0.29) is 23.1 Å². The minimum absolute atomic E-state index is 0.0583. The van der Waals surface area contributed by atoms with Crippen LogP contribution >= 0.6 is 0 Å². The van der Waals surface area contributed by atoms with E-state index >= 15 is 0 Å². The summed E-state index contributed by atoms with van der Waals surface area (Å²) in [5.41, 5.74) is -0.429. The maximum atomic E-state index is 12.9. The Bertz CT molecular complexity index is 1000. The van der Waals surface area contributed by atoms with Gasteiger partial charge in [-0.2, -0.15) is 0 Å². The standard InChI is InChI=1S/C29H41F3N2O4/c1-17(34-26(35)25-9-5-19(15-33-25)38-29(30,31)32)23-7-8-24-22-6-4-18-14-28(36,16-37-3)13-11-20(18)21(22)10-12-27(23,24)2/h5,9,15,17-18,20-24,36H,4,6-8,10-14,16H2,1-3H3,(H,34,35)/t17-,18+,20-,21+,22+,23+,24-,27+,28+/m0/s1. The molecular weight excluding hydrogens is 497 g/mol. The fourth-order valence-electron chi connectivity index (χ4n) is 9.31. The molecular formula is C29H41F3N2O4. The number of ether oxygens (including phenoxy) is 2. The van der Waals surface area contributed by atoms with Gasteiger partial charge in [0.25, 0.3) is 5.91 Å². The lowest BCUT2D eigenvalue weighted by Crippen LogP contribution is -2.53. The summed E-state index contributed by atoms with van der Waals surface area (Å²) in [5, 5.41) is 14.1. The number of pyridine rings is 1. The summed E-state index contributed by atoms with van der Waals surface area (Å²) in [6.45, 7) is 4.90. The van der Waals surface area contributed by atoms with E-state index in [1.54, 1.807) is 7.11 Å². The molecule has 0 saturated heterocycles. The van der Waals surface area contributed by atoms with Crippen LogP contribution in [-0.4, -0.2) is 47.7 Å². The van der Waals surface area contributed by atoms with Crippen molar-refractivity contribution in [3.8, 4) is 5.75 Å². The minimum Gasteiger partial charge on any atom is -0.404 e. The second-order valence-electron chi connectivity index (χ2n) is 12.8. The third-order valence-electron chi connectivity index (χ3n) is 10.8. The molecule has 4 aliphatic carbocycles. The summed E-state index contributed by atoms with van der Waals surface area (Å²) in [5.74, 6) is 2.89. The Morgan fingerprint density at radius 3 is 2.58 bits per heavy atom. The molecule has 1 heterocycles. The van der Waals surface area contributed by atoms with E-state index in [0.717, 1.165) is 50.3 Å². The predicted molar refractivity (Wildman–Crippen MR) is 135 cm³/mol. The second kappa shape index (κ2) is 10.3. The molecule has 0 aliphatic heterocycles. The van der Waals surface area contributed by atoms with Gasteiger partial charge in [0.1, 0.15) is 11.4 Å². The maximum Gasteiger partial charge on any atom is 0.573 e. The van der Waals surface area contributed by atoms with Crippen molar-refractivity contribution < 1.29 is 32.5 Å². The van der Waals surface area contributed by atoms with Gasteiger partial charge in [0.05, 0.1) is 18.4 Å². The third kappa shape index (κ3) is 5.29. The molecule has 1 aromatic heterocycles. The van der Waals surface area contributed by atoms with Gasteiger partial charge in [-0.05, 0) is 118 Å². The summed E-state index contributed by atoms with van der Waals surface area (Å²) >= 11 is 0. The molecule has 38 heavy (non-hydrogen) atoms. The number of halogens is 3. The van der Waals surface area contributed by atoms with E-state index in [0.29, 0.717) is 36.2 Å². The van der Waals surface area contributed by atoms with Crippen LogP contribution in [0.15, 0.2) is 18.3 Å². The van der Waals surface area contributed by atoms with Gasteiger partial charge in [0.15, 0.2) is 0 Å². The number of hydrogen-bond acceptors (Lipinski definition) is 5. The molecule has 1 aromatic rings. The number of aromatic nitrogens is 1. The van der Waals surface area contributed by atoms with Crippen LogP contribution in [0.1, 0.15) is 82.1 Å². The fourth-order valence-corrected chi connectivity index (χ4v) is 9.31. The van der Waals surface area contributed by atoms with Crippen molar-refractivity contribution in [1.82, 2.24) is 10.3 Å². The van der Waals surface area contributed by atoms with Crippen LogP contribution in [-0.2, 0) is 4.74 Å². The van der Waals surface area contributed by atoms with E-state index in [4.69, 9.17) is 4.74 Å². The second-order valence-corrected chi connectivity index (χ2v) is 12.8. The molecule has 2 N–H and O–H groups in total. The van der Waals surface area contributed by atoms with Gasteiger partial charge < -0.3 is 19.9 Å². The predicted octanol–water partition coefficient (Wildman–Crippen LogP) is 5.74. The van der Waals surface area contributed by atoms with E-state index in [1.807, 2.05) is 0 Å². The fraction of sp³-hybridized carbons (Fsp3) is 0.793. The Kier molecular flexibility index (Phi) is 7.48. The van der Waals surface area contributed by atoms with Crippen LogP contribution in [0.25, 0.3) is 0 Å². The highest BCUT2D eigenvalue weighted by atomic mass is 19.4. The van der Waals surface area contributed by atoms with Crippen molar-refractivity contribution in [3.05, 3.63) is 24.0 Å². The quantitative estimate of drug-likeness (QED) is 0.483. The molecule has 0 spiro atoms. The van der Waals surface area contributed by atoms with Crippen molar-refractivity contribution >= 4 is 5.91 Å². The van der Waals surface area contributed by atoms with Crippen LogP contribution in [0.5, 0.6) is 5.75 Å². The molecule has 9 heteroatoms. The minimum atomic E-state index is -4.79. The average molecular weight is 539 g/mol. The monoisotopic (exact) mass is 538 g/mol. The number of carbonyl (C=O) groups excluding carboxylic acids is 1. The number of carbonyl (C=O) groups is 1. The molecule has 1 amide bonds. The lowest BCUT2D eigenvalue weighted by molar-refractivity contribution is -0.274. The summed E-state index contributed by atoms with van der Waals surface area (Å²) in [7, 11) is 1.67. The first-order valence-corrected chi connectivity index (χ1v) is 14.2. The van der Waals surface area contributed by atoms with E-state index in [2.05, 4.69) is 28.9 Å². The van der Waals surface area contributed by atoms with Gasteiger partial charge in [-0.1, -0.05) is 6.92 Å². The average Bonchev–Trinajstić information content (AvgIpc) is 3.20. The molecule has 4 saturated carbocycles. The van der Waals surface area contributed by atoms with Crippen molar-refractivity contribution in [2.45, 2.75) is 89.6 Å². The van der Waals surface area contributed by atoms with Gasteiger partial charge in [0.2, 0.25) is 0 Å². The first-order valence-electron chi connectivity index (χ1n) is 14.2. The zero-order chi connectivity index (χ0) is 27.3. The van der Waals surface area contributed by atoms with Crippen molar-refractivity contribution in [1.29, 1.82) is 0 Å². The number of hydrogen-bond donors (Lipinski definition) is 2. The van der Waals surface area contributed by atoms with E-state index in [9.17, 15) is 23.1 Å². The van der Waals surface area contributed by atoms with Crippen molar-refractivity contribution in [3.63, 3.8) is 0 Å². The topological polar surface area (TPSA) is 80.7 Å². The lowest BCUT2D eigenvalue weighted by atomic mass is 9.48. The number of rotatable bonds is 6. The van der Waals surface area contributed by atoms with Gasteiger partial charge in [-0.25, -0.2) is 4.98 Å². The Morgan fingerprint density at radius 1 is 1.13 bits per heavy atom. The Morgan fingerprint density at radius 2 is 1.89 bits per heavy atom. The summed E-state index contributed by atoms with van der Waals surface area (Å²) in [4.78, 5) is 16.8. The van der Waals surface area contributed by atoms with Crippen LogP contribution in [0, 0.1) is 40.9 Å². The van der Waals surface area contributed by atoms with Crippen LogP contribution in [0.2, 0.25) is 0 Å². The van der Waals surface area contributed by atoms with Gasteiger partial charge >= 0.3 is 6.36 Å². The Balaban J connectivity index is 1.22. The molecule has 0 unspecified atom stereocenters. The zero-order valence-corrected chi connectivity index (χ0v) is 22.6. The first kappa shape index (κ1) is 27.7. The number of fused-ring (bicyclic) bond motifs is 5. The van der Waals surface area contributed by atoms with E-state index < -0.39 is 17.7 Å².